The highest BCUT2D eigenvalue weighted by Gasteiger charge is 2.26. The molecule has 26 rings (SSSR count). The fourth-order valence-corrected chi connectivity index (χ4v) is 22.8. The molecule has 18 aromatic carbocycles. The van der Waals surface area contributed by atoms with Crippen LogP contribution in [0.3, 0.4) is 0 Å². The van der Waals surface area contributed by atoms with Gasteiger partial charge in [0.2, 0.25) is 11.2 Å². The van der Waals surface area contributed by atoms with Crippen LogP contribution in [0.5, 0.6) is 0 Å². The summed E-state index contributed by atoms with van der Waals surface area (Å²) in [6.45, 7) is 0. The van der Waals surface area contributed by atoms with Crippen LogP contribution in [0.25, 0.3) is 229 Å². The summed E-state index contributed by atoms with van der Waals surface area (Å²) in [6, 6.07) is 119. The minimum Gasteiger partial charge on any atom is -0.278 e. The van der Waals surface area contributed by atoms with Gasteiger partial charge in [0.25, 0.3) is 0 Å². The molecule has 0 bridgehead atoms. The van der Waals surface area contributed by atoms with Gasteiger partial charge in [0, 0.05) is 124 Å². The van der Waals surface area contributed by atoms with Crippen LogP contribution in [0.2, 0.25) is 5.28 Å². The molecule has 25 aromatic rings. The van der Waals surface area contributed by atoms with Crippen LogP contribution in [0.1, 0.15) is 11.1 Å². The lowest BCUT2D eigenvalue weighted by atomic mass is 9.94. The monoisotopic (exact) mass is 1500 g/mol. The van der Waals surface area contributed by atoms with E-state index in [9.17, 15) is 0 Å². The molecule has 0 saturated heterocycles. The Labute approximate surface area is 655 Å². The Morgan fingerprint density at radius 1 is 0.243 bits per heavy atom. The molecule has 111 heavy (non-hydrogen) atoms. The van der Waals surface area contributed by atoms with E-state index in [2.05, 4.69) is 332 Å². The van der Waals surface area contributed by atoms with E-state index in [-0.39, 0.29) is 5.28 Å². The first-order chi connectivity index (χ1) is 54.9. The number of rotatable bonds is 3. The van der Waals surface area contributed by atoms with Crippen molar-refractivity contribution in [1.82, 2.24) is 24.5 Å². The van der Waals surface area contributed by atoms with Gasteiger partial charge in [0.15, 0.2) is 0 Å². The first kappa shape index (κ1) is 63.1. The van der Waals surface area contributed by atoms with Gasteiger partial charge in [-0.1, -0.05) is 243 Å². The van der Waals surface area contributed by atoms with Crippen LogP contribution in [0.4, 0.5) is 0 Å². The van der Waals surface area contributed by atoms with E-state index in [1.165, 1.54) is 157 Å². The highest BCUT2D eigenvalue weighted by Crippen LogP contribution is 2.49. The number of fused-ring (bicyclic) bond motifs is 34. The van der Waals surface area contributed by atoms with Gasteiger partial charge in [-0.15, -0.1) is 45.3 Å². The predicted octanol–water partition coefficient (Wildman–Crippen LogP) is 30.0. The molecule has 1 aliphatic rings. The molecular weight excluding hydrogens is 1450 g/mol. The second kappa shape index (κ2) is 24.6. The Balaban J connectivity index is 0.000000108. The molecule has 5 nitrogen and oxygen atoms in total. The Kier molecular flexibility index (Phi) is 14.0. The molecule has 1 aliphatic carbocycles. The van der Waals surface area contributed by atoms with Crippen molar-refractivity contribution < 1.29 is 0 Å². The molecular formula is C101H56ClN5S4. The minimum atomic E-state index is 0.267. The summed E-state index contributed by atoms with van der Waals surface area (Å²) < 4.78 is 12.8. The zero-order valence-corrected chi connectivity index (χ0v) is 63.2. The third-order valence-corrected chi connectivity index (χ3v) is 27.8. The average Bonchev–Trinajstić information content (AvgIpc) is 1.69. The maximum Gasteiger partial charge on any atom is 0.235 e. The Morgan fingerprint density at radius 3 is 1.23 bits per heavy atom. The van der Waals surface area contributed by atoms with Crippen molar-refractivity contribution in [2.75, 3.05) is 0 Å². The standard InChI is InChI=1S/C50H27N3S2.C28H15ClN2S.C23H14S/c1-3-15-34-30(11-1)31-12-2-4-16-35(31)49-47(34)48(29-22-23-44-39(25-29)33-14-6-9-19-42(33)54-44)51-50(52-49)53-40-18-8-5-13-32(40)38-27-37-28(26-41(38)53)21-24-45-46(37)36-17-7-10-20-43(36)55-45;29-28-30-26(16-13-14-24-22(15-16)19-9-5-6-12-23(19)32-24)25-20-10-3-1-7-17(20)18-8-2-4-11-21(18)27(25)31-28;1-2-6-17-14(5-1)11-16-12-15-9-10-22-23(20(15)13-19(16)17)18-7-3-4-8-21(18)24-22/h1-27H;1-15H;1-10,12-13H,11H2. The molecule has 0 unspecified atom stereocenters. The van der Waals surface area contributed by atoms with Gasteiger partial charge in [0.1, 0.15) is 0 Å². The molecule has 0 N–H and O–H groups in total. The summed E-state index contributed by atoms with van der Waals surface area (Å²) in [6.07, 6.45) is 1.06. The average molecular weight is 1500 g/mol. The third kappa shape index (κ3) is 9.70. The molecule has 0 radical (unpaired) electrons. The molecule has 0 saturated carbocycles. The molecule has 0 spiro atoms. The second-order valence-corrected chi connectivity index (χ2v) is 33.7. The van der Waals surface area contributed by atoms with Gasteiger partial charge in [-0.3, -0.25) is 4.57 Å². The molecule has 7 heterocycles. The summed E-state index contributed by atoms with van der Waals surface area (Å²) in [5.41, 5.74) is 13.7. The maximum atomic E-state index is 6.50. The van der Waals surface area contributed by atoms with Crippen LogP contribution in [0, 0.1) is 0 Å². The van der Waals surface area contributed by atoms with Crippen molar-refractivity contribution in [3.05, 3.63) is 344 Å². The highest BCUT2D eigenvalue weighted by atomic mass is 35.5. The van der Waals surface area contributed by atoms with Gasteiger partial charge in [-0.05, 0) is 179 Å². The fourth-order valence-electron chi connectivity index (χ4n) is 18.2. The number of hydrogen-bond acceptors (Lipinski definition) is 8. The summed E-state index contributed by atoms with van der Waals surface area (Å²) in [5.74, 6) is 0.672. The van der Waals surface area contributed by atoms with Gasteiger partial charge in [-0.25, -0.2) is 19.9 Å². The van der Waals surface area contributed by atoms with Crippen molar-refractivity contribution in [2.24, 2.45) is 0 Å². The van der Waals surface area contributed by atoms with E-state index < -0.39 is 0 Å². The SMILES string of the molecule is Clc1nc(-c2ccc3sc4ccccc4c3c2)c2c3ccccc3c3ccccc3c2n1.c1ccc2c(c1)Cc1cc3ccc4sc5ccccc5c4c3cc1-2.c1ccc2c(c1)sc1ccc(-c3nc(-n4c5ccccc5c5cc6c(ccc7sc8ccccc8c76)cc54)nc4c5ccccc5c5ccccc5c34)cc12. The van der Waals surface area contributed by atoms with Crippen molar-refractivity contribution in [3.8, 4) is 39.6 Å². The van der Waals surface area contributed by atoms with Gasteiger partial charge >= 0.3 is 0 Å². The number of benzene rings is 18. The van der Waals surface area contributed by atoms with E-state index in [0.717, 1.165) is 83.3 Å². The largest absolute Gasteiger partial charge is 0.278 e. The van der Waals surface area contributed by atoms with Crippen LogP contribution in [-0.2, 0) is 6.42 Å². The smallest absolute Gasteiger partial charge is 0.235 e. The predicted molar refractivity (Wildman–Crippen MR) is 481 cm³/mol. The molecule has 0 amide bonds. The number of nitrogens with zero attached hydrogens (tertiary/aromatic N) is 5. The van der Waals surface area contributed by atoms with Crippen LogP contribution in [0.15, 0.2) is 328 Å². The van der Waals surface area contributed by atoms with Crippen molar-refractivity contribution >= 4 is 246 Å². The Hall–Kier alpha value is -12.8. The molecule has 516 valence electrons. The van der Waals surface area contributed by atoms with E-state index >= 15 is 0 Å². The third-order valence-electron chi connectivity index (χ3n) is 23.0. The highest BCUT2D eigenvalue weighted by molar-refractivity contribution is 7.27. The van der Waals surface area contributed by atoms with Crippen molar-refractivity contribution in [1.29, 1.82) is 0 Å². The Morgan fingerprint density at radius 2 is 0.658 bits per heavy atom. The van der Waals surface area contributed by atoms with Gasteiger partial charge < -0.3 is 0 Å². The number of para-hydroxylation sites is 1. The lowest BCUT2D eigenvalue weighted by molar-refractivity contribution is 1.02. The zero-order valence-electron chi connectivity index (χ0n) is 59.1. The number of halogens is 1. The van der Waals surface area contributed by atoms with E-state index in [0.29, 0.717) is 5.95 Å². The fraction of sp³-hybridized carbons (Fsp3) is 0.00990. The topological polar surface area (TPSA) is 56.5 Å². The van der Waals surface area contributed by atoms with Crippen molar-refractivity contribution in [3.63, 3.8) is 0 Å². The lowest BCUT2D eigenvalue weighted by Crippen LogP contribution is -2.04. The summed E-state index contributed by atoms with van der Waals surface area (Å²) in [4.78, 5) is 20.7. The summed E-state index contributed by atoms with van der Waals surface area (Å²) in [5, 5.41) is 29.8. The Bertz CT molecular complexity index is 8370. The maximum absolute atomic E-state index is 6.50. The van der Waals surface area contributed by atoms with Gasteiger partial charge in [-0.2, -0.15) is 0 Å². The molecule has 10 heteroatoms. The lowest BCUT2D eigenvalue weighted by Gasteiger charge is -2.16. The molecule has 7 aromatic heterocycles. The molecule has 0 fully saturated rings. The van der Waals surface area contributed by atoms with Gasteiger partial charge in [0.05, 0.1) is 33.5 Å². The zero-order chi connectivity index (χ0) is 72.7. The first-order valence-corrected chi connectivity index (χ1v) is 41.0. The number of aromatic nitrogens is 5. The van der Waals surface area contributed by atoms with Crippen LogP contribution in [-0.4, -0.2) is 24.5 Å². The molecule has 0 aliphatic heterocycles. The number of thiophene rings is 4. The number of hydrogen-bond donors (Lipinski definition) is 0. The van der Waals surface area contributed by atoms with Crippen LogP contribution >= 0.6 is 56.9 Å². The summed E-state index contributed by atoms with van der Waals surface area (Å²) >= 11 is 13.9. The van der Waals surface area contributed by atoms with E-state index in [1.807, 2.05) is 45.3 Å². The quantitative estimate of drug-likeness (QED) is 0.131. The second-order valence-electron chi connectivity index (χ2n) is 29.0. The van der Waals surface area contributed by atoms with Crippen molar-refractivity contribution in [2.45, 2.75) is 6.42 Å². The van der Waals surface area contributed by atoms with E-state index in [4.69, 9.17) is 31.5 Å². The first-order valence-electron chi connectivity index (χ1n) is 37.4. The normalized spacial score (nSPS) is 12.3. The summed E-state index contributed by atoms with van der Waals surface area (Å²) in [7, 11) is 0. The van der Waals surface area contributed by atoms with Crippen LogP contribution < -0.4 is 0 Å². The minimum absolute atomic E-state index is 0.267. The molecule has 0 atom stereocenters. The van der Waals surface area contributed by atoms with E-state index in [1.54, 1.807) is 0 Å².